The van der Waals surface area contributed by atoms with Crippen molar-refractivity contribution >= 4 is 39.1 Å². The number of para-hydroxylation sites is 3. The lowest BCUT2D eigenvalue weighted by atomic mass is 9.64. The number of fused-ring (bicyclic) bond motifs is 12. The van der Waals surface area contributed by atoms with E-state index in [0.29, 0.717) is 17.6 Å². The van der Waals surface area contributed by atoms with E-state index in [2.05, 4.69) is 246 Å². The van der Waals surface area contributed by atoms with Gasteiger partial charge < -0.3 is 4.57 Å². The maximum Gasteiger partial charge on any atom is 0.238 e. The fourth-order valence-electron chi connectivity index (χ4n) is 12.2. The Labute approximate surface area is 435 Å². The SMILES string of the molecule is c1ccc(-c2cccc(-n3c4ccccc4c4cc(-c5cccc(-c6ccc7c(c6)C6(c8ccccc8-7)c7ccccc7N(c7nc(-c8ccccc8)nc(-c8ccccc8)n7)c7ccccc76)c5)ccc43)c2)cc1. The van der Waals surface area contributed by atoms with Crippen LogP contribution in [0.3, 0.4) is 0 Å². The van der Waals surface area contributed by atoms with E-state index in [9.17, 15) is 0 Å². The quantitative estimate of drug-likeness (QED) is 0.160. The van der Waals surface area contributed by atoms with Gasteiger partial charge in [0.1, 0.15) is 0 Å². The Kier molecular flexibility index (Phi) is 9.72. The van der Waals surface area contributed by atoms with E-state index in [1.165, 1.54) is 77.4 Å². The molecule has 0 unspecified atom stereocenters. The predicted molar refractivity (Wildman–Crippen MR) is 307 cm³/mol. The summed E-state index contributed by atoms with van der Waals surface area (Å²) in [4.78, 5) is 17.9. The van der Waals surface area contributed by atoms with E-state index in [1.54, 1.807) is 0 Å². The third-order valence-corrected chi connectivity index (χ3v) is 15.4. The van der Waals surface area contributed by atoms with E-state index in [0.717, 1.165) is 39.3 Å². The monoisotopic (exact) mass is 955 g/mol. The minimum absolute atomic E-state index is 0.564. The van der Waals surface area contributed by atoms with Gasteiger partial charge in [-0.1, -0.05) is 218 Å². The summed E-state index contributed by atoms with van der Waals surface area (Å²) >= 11 is 0. The second-order valence-corrected chi connectivity index (χ2v) is 19.5. The summed E-state index contributed by atoms with van der Waals surface area (Å²) in [7, 11) is 0. The van der Waals surface area contributed by atoms with Crippen molar-refractivity contribution < 1.29 is 0 Å². The minimum atomic E-state index is -0.652. The normalized spacial score (nSPS) is 12.9. The fourth-order valence-corrected chi connectivity index (χ4v) is 12.2. The Hall–Kier alpha value is -9.97. The van der Waals surface area contributed by atoms with E-state index in [-0.39, 0.29) is 0 Å². The maximum absolute atomic E-state index is 5.30. The highest BCUT2D eigenvalue weighted by atomic mass is 15.3. The van der Waals surface area contributed by atoms with Crippen LogP contribution in [0.15, 0.2) is 273 Å². The number of benzene rings is 11. The molecule has 0 N–H and O–H groups in total. The predicted octanol–water partition coefficient (Wildman–Crippen LogP) is 17.4. The Balaban J connectivity index is 0.873. The number of hydrogen-bond donors (Lipinski definition) is 0. The average molecular weight is 956 g/mol. The summed E-state index contributed by atoms with van der Waals surface area (Å²) < 4.78 is 2.41. The molecule has 350 valence electrons. The average Bonchev–Trinajstić information content (AvgIpc) is 4.18. The van der Waals surface area contributed by atoms with Crippen LogP contribution < -0.4 is 4.90 Å². The molecule has 5 nitrogen and oxygen atoms in total. The van der Waals surface area contributed by atoms with Crippen LogP contribution in [0.1, 0.15) is 22.3 Å². The van der Waals surface area contributed by atoms with Gasteiger partial charge in [0, 0.05) is 27.6 Å². The largest absolute Gasteiger partial charge is 0.309 e. The molecule has 1 aliphatic heterocycles. The number of anilines is 3. The van der Waals surface area contributed by atoms with Crippen LogP contribution >= 0.6 is 0 Å². The topological polar surface area (TPSA) is 46.8 Å². The molecule has 1 aliphatic carbocycles. The summed E-state index contributed by atoms with van der Waals surface area (Å²) in [6, 6.07) is 98.5. The maximum atomic E-state index is 5.30. The summed E-state index contributed by atoms with van der Waals surface area (Å²) in [6.07, 6.45) is 0. The van der Waals surface area contributed by atoms with E-state index in [1.807, 2.05) is 36.4 Å². The summed E-state index contributed by atoms with van der Waals surface area (Å²) in [5, 5.41) is 2.46. The van der Waals surface area contributed by atoms with Gasteiger partial charge in [0.05, 0.1) is 27.8 Å². The van der Waals surface area contributed by atoms with Crippen molar-refractivity contribution in [3.05, 3.63) is 295 Å². The summed E-state index contributed by atoms with van der Waals surface area (Å²) in [6.45, 7) is 0. The molecule has 2 aromatic heterocycles. The highest BCUT2D eigenvalue weighted by Gasteiger charge is 2.52. The van der Waals surface area contributed by atoms with Crippen molar-refractivity contribution in [2.24, 2.45) is 0 Å². The zero-order valence-corrected chi connectivity index (χ0v) is 40.7. The third kappa shape index (κ3) is 6.68. The second-order valence-electron chi connectivity index (χ2n) is 19.5. The first-order chi connectivity index (χ1) is 37.2. The number of rotatable bonds is 7. The molecule has 2 aliphatic rings. The van der Waals surface area contributed by atoms with Crippen molar-refractivity contribution in [3.8, 4) is 73.0 Å². The molecule has 15 rings (SSSR count). The standard InChI is InChI=1S/C70H45N5/c1-4-20-46(21-5-1)51-28-19-29-54(43-51)74-63-35-15-11-31-57(63)58-44-52(39-41-64(58)74)49-26-18-27-50(42-49)53-38-40-56-55-30-10-12-32-59(55)70(62(56)45-53)60-33-13-16-36-65(60)75(66-37-17-14-34-61(66)70)69-72-67(47-22-6-2-7-23-47)71-68(73-69)48-24-8-3-9-25-48/h1-45H. The first kappa shape index (κ1) is 42.7. The molecule has 0 atom stereocenters. The molecule has 0 saturated carbocycles. The van der Waals surface area contributed by atoms with Gasteiger partial charge in [-0.25, -0.2) is 4.98 Å². The first-order valence-corrected chi connectivity index (χ1v) is 25.6. The lowest BCUT2D eigenvalue weighted by Gasteiger charge is -2.44. The van der Waals surface area contributed by atoms with Crippen molar-refractivity contribution in [1.82, 2.24) is 19.5 Å². The Morgan fingerprint density at radius 2 is 0.760 bits per heavy atom. The van der Waals surface area contributed by atoms with Gasteiger partial charge >= 0.3 is 0 Å². The molecule has 13 aromatic rings. The van der Waals surface area contributed by atoms with Crippen molar-refractivity contribution in [2.75, 3.05) is 4.90 Å². The number of hydrogen-bond acceptors (Lipinski definition) is 4. The Bertz CT molecular complexity index is 4260. The highest BCUT2D eigenvalue weighted by Crippen LogP contribution is 2.63. The zero-order chi connectivity index (χ0) is 49.5. The van der Waals surface area contributed by atoms with Crippen LogP contribution in [0.4, 0.5) is 17.3 Å². The smallest absolute Gasteiger partial charge is 0.238 e. The molecule has 0 fully saturated rings. The molecular formula is C70H45N5. The molecule has 0 saturated heterocycles. The van der Waals surface area contributed by atoms with Gasteiger partial charge in [-0.05, 0) is 121 Å². The molecule has 0 bridgehead atoms. The molecule has 1 spiro atoms. The molecule has 0 amide bonds. The van der Waals surface area contributed by atoms with Crippen molar-refractivity contribution in [2.45, 2.75) is 5.41 Å². The van der Waals surface area contributed by atoms with Gasteiger partial charge in [-0.2, -0.15) is 9.97 Å². The van der Waals surface area contributed by atoms with E-state index >= 15 is 0 Å². The van der Waals surface area contributed by atoms with Crippen LogP contribution in [-0.4, -0.2) is 19.5 Å². The number of nitrogens with zero attached hydrogens (tertiary/aromatic N) is 5. The van der Waals surface area contributed by atoms with Gasteiger partial charge in [-0.15, -0.1) is 0 Å². The van der Waals surface area contributed by atoms with E-state index < -0.39 is 5.41 Å². The van der Waals surface area contributed by atoms with Crippen molar-refractivity contribution in [3.63, 3.8) is 0 Å². The van der Waals surface area contributed by atoms with Crippen LogP contribution in [0.2, 0.25) is 0 Å². The van der Waals surface area contributed by atoms with E-state index in [4.69, 9.17) is 15.0 Å². The molecule has 75 heavy (non-hydrogen) atoms. The first-order valence-electron chi connectivity index (χ1n) is 25.6. The minimum Gasteiger partial charge on any atom is -0.309 e. The molecule has 0 radical (unpaired) electrons. The van der Waals surface area contributed by atoms with Gasteiger partial charge in [0.25, 0.3) is 0 Å². The Morgan fingerprint density at radius 3 is 1.44 bits per heavy atom. The van der Waals surface area contributed by atoms with Crippen molar-refractivity contribution in [1.29, 1.82) is 0 Å². The zero-order valence-electron chi connectivity index (χ0n) is 40.7. The second kappa shape index (κ2) is 17.1. The molecular weight excluding hydrogens is 911 g/mol. The summed E-state index contributed by atoms with van der Waals surface area (Å²) in [5.74, 6) is 1.80. The fraction of sp³-hybridized carbons (Fsp3) is 0.0143. The molecule has 3 heterocycles. The van der Waals surface area contributed by atoms with Crippen LogP contribution in [0, 0.1) is 0 Å². The third-order valence-electron chi connectivity index (χ3n) is 15.4. The van der Waals surface area contributed by atoms with Gasteiger partial charge in [0.15, 0.2) is 11.6 Å². The van der Waals surface area contributed by atoms with Crippen LogP contribution in [0.5, 0.6) is 0 Å². The lowest BCUT2D eigenvalue weighted by Crippen LogP contribution is -2.36. The van der Waals surface area contributed by atoms with Crippen LogP contribution in [-0.2, 0) is 5.41 Å². The number of aromatic nitrogens is 4. The van der Waals surface area contributed by atoms with Gasteiger partial charge in [0.2, 0.25) is 5.95 Å². The lowest BCUT2D eigenvalue weighted by molar-refractivity contribution is 0.749. The van der Waals surface area contributed by atoms with Crippen LogP contribution in [0.25, 0.3) is 94.8 Å². The molecule has 11 aromatic carbocycles. The Morgan fingerprint density at radius 1 is 0.280 bits per heavy atom. The molecule has 5 heteroatoms. The van der Waals surface area contributed by atoms with Gasteiger partial charge in [-0.3, -0.25) is 4.90 Å². The summed E-state index contributed by atoms with van der Waals surface area (Å²) in [5.41, 5.74) is 21.2. The highest BCUT2D eigenvalue weighted by molar-refractivity contribution is 6.10.